The number of rotatable bonds is 5. The van der Waals surface area contributed by atoms with Crippen LogP contribution >= 0.6 is 0 Å². The summed E-state index contributed by atoms with van der Waals surface area (Å²) in [6.45, 7) is 0. The van der Waals surface area contributed by atoms with Gasteiger partial charge in [0.25, 0.3) is 0 Å². The number of carbonyl (C=O) groups excluding carboxylic acids is 2. The van der Waals surface area contributed by atoms with E-state index in [0.29, 0.717) is 11.1 Å². The lowest BCUT2D eigenvalue weighted by Gasteiger charge is -2.04. The Morgan fingerprint density at radius 1 is 0.810 bits per heavy atom. The predicted molar refractivity (Wildman–Crippen MR) is 78.2 cm³/mol. The Morgan fingerprint density at radius 3 is 2.10 bits per heavy atom. The van der Waals surface area contributed by atoms with E-state index in [0.717, 1.165) is 6.08 Å². The fourth-order valence-electron chi connectivity index (χ4n) is 1.85. The Hall–Kier alpha value is -3.01. The second kappa shape index (κ2) is 6.43. The summed E-state index contributed by atoms with van der Waals surface area (Å²) in [6, 6.07) is 14.6. The first-order valence-electron chi connectivity index (χ1n) is 6.23. The van der Waals surface area contributed by atoms with Crippen LogP contribution in [0, 0.1) is 0 Å². The Bertz CT molecular complexity index is 715. The molecule has 2 rings (SSSR count). The molecule has 1 N–H and O–H groups in total. The SMILES string of the molecule is O=C(O)C=Cc1ccccc1C(=O)C(=O)c1ccccc1. The molecular weight excluding hydrogens is 268 g/mol. The van der Waals surface area contributed by atoms with Crippen molar-refractivity contribution in [1.82, 2.24) is 0 Å². The monoisotopic (exact) mass is 280 g/mol. The summed E-state index contributed by atoms with van der Waals surface area (Å²) in [4.78, 5) is 35.0. The van der Waals surface area contributed by atoms with Crippen molar-refractivity contribution >= 4 is 23.6 Å². The quantitative estimate of drug-likeness (QED) is 0.519. The summed E-state index contributed by atoms with van der Waals surface area (Å²) < 4.78 is 0. The van der Waals surface area contributed by atoms with Gasteiger partial charge < -0.3 is 5.11 Å². The van der Waals surface area contributed by atoms with Crippen molar-refractivity contribution in [3.8, 4) is 0 Å². The van der Waals surface area contributed by atoms with Crippen molar-refractivity contribution in [2.24, 2.45) is 0 Å². The van der Waals surface area contributed by atoms with Crippen molar-refractivity contribution in [3.63, 3.8) is 0 Å². The molecule has 0 aliphatic rings. The molecule has 0 radical (unpaired) electrons. The molecule has 0 aliphatic carbocycles. The van der Waals surface area contributed by atoms with E-state index in [2.05, 4.69) is 0 Å². The maximum atomic E-state index is 12.3. The lowest BCUT2D eigenvalue weighted by atomic mass is 9.97. The van der Waals surface area contributed by atoms with Crippen LogP contribution < -0.4 is 0 Å². The van der Waals surface area contributed by atoms with Crippen LogP contribution in [0.3, 0.4) is 0 Å². The zero-order chi connectivity index (χ0) is 15.2. The van der Waals surface area contributed by atoms with Gasteiger partial charge in [0.2, 0.25) is 11.6 Å². The van der Waals surface area contributed by atoms with Crippen LogP contribution in [0.15, 0.2) is 60.7 Å². The maximum absolute atomic E-state index is 12.3. The molecule has 0 unspecified atom stereocenters. The molecule has 0 heterocycles. The number of aliphatic carboxylic acids is 1. The molecule has 0 aromatic heterocycles. The fourth-order valence-corrected chi connectivity index (χ4v) is 1.85. The van der Waals surface area contributed by atoms with Crippen LogP contribution in [-0.4, -0.2) is 22.6 Å². The molecule has 0 aliphatic heterocycles. The van der Waals surface area contributed by atoms with Crippen molar-refractivity contribution < 1.29 is 19.5 Å². The highest BCUT2D eigenvalue weighted by atomic mass is 16.4. The average molecular weight is 280 g/mol. The highest BCUT2D eigenvalue weighted by Crippen LogP contribution is 2.14. The van der Waals surface area contributed by atoms with Crippen LogP contribution in [-0.2, 0) is 4.79 Å². The van der Waals surface area contributed by atoms with Gasteiger partial charge in [-0.05, 0) is 11.6 Å². The highest BCUT2D eigenvalue weighted by molar-refractivity contribution is 6.49. The molecule has 0 spiro atoms. The van der Waals surface area contributed by atoms with Crippen LogP contribution in [0.5, 0.6) is 0 Å². The van der Waals surface area contributed by atoms with Gasteiger partial charge in [-0.1, -0.05) is 54.6 Å². The minimum atomic E-state index is -1.12. The summed E-state index contributed by atoms with van der Waals surface area (Å²) in [5.74, 6) is -2.40. The molecule has 4 heteroatoms. The maximum Gasteiger partial charge on any atom is 0.328 e. The highest BCUT2D eigenvalue weighted by Gasteiger charge is 2.19. The summed E-state index contributed by atoms with van der Waals surface area (Å²) >= 11 is 0. The number of hydrogen-bond acceptors (Lipinski definition) is 3. The third kappa shape index (κ3) is 3.51. The first kappa shape index (κ1) is 14.4. The molecular formula is C17H12O4. The van der Waals surface area contributed by atoms with Gasteiger partial charge >= 0.3 is 5.97 Å². The zero-order valence-electron chi connectivity index (χ0n) is 11.0. The molecule has 104 valence electrons. The molecule has 4 nitrogen and oxygen atoms in total. The van der Waals surface area contributed by atoms with E-state index in [1.54, 1.807) is 48.5 Å². The van der Waals surface area contributed by atoms with Gasteiger partial charge in [0.15, 0.2) is 0 Å². The third-order valence-corrected chi connectivity index (χ3v) is 2.85. The first-order valence-corrected chi connectivity index (χ1v) is 6.23. The van der Waals surface area contributed by atoms with E-state index >= 15 is 0 Å². The molecule has 0 amide bonds. The zero-order valence-corrected chi connectivity index (χ0v) is 11.0. The van der Waals surface area contributed by atoms with Gasteiger partial charge in [-0.25, -0.2) is 4.79 Å². The van der Waals surface area contributed by atoms with Gasteiger partial charge in [0, 0.05) is 17.2 Å². The largest absolute Gasteiger partial charge is 0.478 e. The topological polar surface area (TPSA) is 71.4 Å². The Labute approximate surface area is 121 Å². The molecule has 2 aromatic rings. The van der Waals surface area contributed by atoms with Crippen LogP contribution in [0.4, 0.5) is 0 Å². The predicted octanol–water partition coefficient (Wildman–Crippen LogP) is 2.85. The molecule has 0 fully saturated rings. The smallest absolute Gasteiger partial charge is 0.328 e. The summed E-state index contributed by atoms with van der Waals surface area (Å²) in [5, 5.41) is 8.65. The van der Waals surface area contributed by atoms with Crippen LogP contribution in [0.1, 0.15) is 26.3 Å². The first-order chi connectivity index (χ1) is 10.1. The average Bonchev–Trinajstić information content (AvgIpc) is 2.52. The summed E-state index contributed by atoms with van der Waals surface area (Å²) in [6.07, 6.45) is 2.23. The lowest BCUT2D eigenvalue weighted by Crippen LogP contribution is -2.15. The van der Waals surface area contributed by atoms with Gasteiger partial charge in [-0.2, -0.15) is 0 Å². The van der Waals surface area contributed by atoms with Gasteiger partial charge in [0.1, 0.15) is 0 Å². The lowest BCUT2D eigenvalue weighted by molar-refractivity contribution is -0.131. The number of carboxylic acids is 1. The second-order valence-corrected chi connectivity index (χ2v) is 4.28. The van der Waals surface area contributed by atoms with Gasteiger partial charge in [0.05, 0.1) is 0 Å². The van der Waals surface area contributed by atoms with E-state index < -0.39 is 17.5 Å². The minimum absolute atomic E-state index is 0.184. The van der Waals surface area contributed by atoms with Gasteiger partial charge in [-0.3, -0.25) is 9.59 Å². The summed E-state index contributed by atoms with van der Waals surface area (Å²) in [5.41, 5.74) is 0.887. The van der Waals surface area contributed by atoms with E-state index in [4.69, 9.17) is 5.11 Å². The number of carbonyl (C=O) groups is 3. The summed E-state index contributed by atoms with van der Waals surface area (Å²) in [7, 11) is 0. The Morgan fingerprint density at radius 2 is 1.43 bits per heavy atom. The molecule has 0 saturated heterocycles. The number of carboxylic acid groups (broad SMARTS) is 1. The Kier molecular flexibility index (Phi) is 4.41. The normalized spacial score (nSPS) is 10.5. The van der Waals surface area contributed by atoms with E-state index in [-0.39, 0.29) is 5.56 Å². The Balaban J connectivity index is 2.36. The van der Waals surface area contributed by atoms with E-state index in [9.17, 15) is 14.4 Å². The molecule has 0 saturated carbocycles. The van der Waals surface area contributed by atoms with Crippen molar-refractivity contribution in [2.45, 2.75) is 0 Å². The second-order valence-electron chi connectivity index (χ2n) is 4.28. The molecule has 0 atom stereocenters. The number of ketones is 2. The molecule has 2 aromatic carbocycles. The molecule has 0 bridgehead atoms. The van der Waals surface area contributed by atoms with Crippen molar-refractivity contribution in [1.29, 1.82) is 0 Å². The minimum Gasteiger partial charge on any atom is -0.478 e. The van der Waals surface area contributed by atoms with Crippen LogP contribution in [0.25, 0.3) is 6.08 Å². The third-order valence-electron chi connectivity index (χ3n) is 2.85. The van der Waals surface area contributed by atoms with E-state index in [1.165, 1.54) is 12.1 Å². The number of hydrogen-bond donors (Lipinski definition) is 1. The fraction of sp³-hybridized carbons (Fsp3) is 0. The van der Waals surface area contributed by atoms with Gasteiger partial charge in [-0.15, -0.1) is 0 Å². The number of benzene rings is 2. The standard InChI is InChI=1S/C17H12O4/c18-15(19)11-10-12-6-4-5-9-14(12)17(21)16(20)13-7-2-1-3-8-13/h1-11H,(H,18,19). The van der Waals surface area contributed by atoms with Crippen molar-refractivity contribution in [3.05, 3.63) is 77.4 Å². The van der Waals surface area contributed by atoms with Crippen molar-refractivity contribution in [2.75, 3.05) is 0 Å². The van der Waals surface area contributed by atoms with Crippen LogP contribution in [0.2, 0.25) is 0 Å². The number of Topliss-reactive ketones (excluding diaryl/α,β-unsaturated/α-hetero) is 2. The van der Waals surface area contributed by atoms with E-state index in [1.807, 2.05) is 0 Å². The molecule has 21 heavy (non-hydrogen) atoms.